The number of rotatable bonds is 9. The van der Waals surface area contributed by atoms with E-state index in [-0.39, 0.29) is 24.9 Å². The van der Waals surface area contributed by atoms with E-state index in [1.54, 1.807) is 0 Å². The number of halogens is 3. The minimum atomic E-state index is -4.70. The molecule has 1 rings (SSSR count). The van der Waals surface area contributed by atoms with Crippen LogP contribution in [0, 0.1) is 11.8 Å². The monoisotopic (exact) mass is 361 g/mol. The molecule has 1 unspecified atom stereocenters. The molecule has 0 saturated heterocycles. The Morgan fingerprint density at radius 3 is 2.44 bits per heavy atom. The first kappa shape index (κ1) is 21.1. The predicted octanol–water partition coefficient (Wildman–Crippen LogP) is 3.03. The first-order valence-corrected chi connectivity index (χ1v) is 8.19. The fraction of sp³-hybridized carbons (Fsp3) is 0.588. The number of aliphatic hydroxyl groups is 1. The van der Waals surface area contributed by atoms with Crippen molar-refractivity contribution in [2.24, 2.45) is 22.6 Å². The molecule has 8 heteroatoms. The molecule has 142 valence electrons. The minimum absolute atomic E-state index is 0.127. The molecule has 0 radical (unpaired) electrons. The van der Waals surface area contributed by atoms with Gasteiger partial charge in [-0.1, -0.05) is 26.0 Å². The highest BCUT2D eigenvalue weighted by Gasteiger charge is 2.30. The Morgan fingerprint density at radius 1 is 1.28 bits per heavy atom. The van der Waals surface area contributed by atoms with E-state index in [9.17, 15) is 13.2 Å². The highest BCUT2D eigenvalue weighted by Crippen LogP contribution is 2.22. The van der Waals surface area contributed by atoms with E-state index in [0.29, 0.717) is 30.4 Å². The topological polar surface area (TPSA) is 79.9 Å². The second-order valence-corrected chi connectivity index (χ2v) is 6.28. The van der Waals surface area contributed by atoms with Gasteiger partial charge in [0, 0.05) is 13.2 Å². The summed E-state index contributed by atoms with van der Waals surface area (Å²) in [6.07, 6.45) is -3.03. The second kappa shape index (κ2) is 10.1. The van der Waals surface area contributed by atoms with Crippen LogP contribution in [0.15, 0.2) is 29.3 Å². The third kappa shape index (κ3) is 9.81. The molecule has 1 atom stereocenters. The third-order valence-corrected chi connectivity index (χ3v) is 3.50. The van der Waals surface area contributed by atoms with Crippen molar-refractivity contribution in [1.29, 1.82) is 0 Å². The zero-order valence-corrected chi connectivity index (χ0v) is 14.5. The summed E-state index contributed by atoms with van der Waals surface area (Å²) in [5.74, 6) is 0.820. The van der Waals surface area contributed by atoms with Gasteiger partial charge in [-0.25, -0.2) is 4.99 Å². The molecular formula is C17H26F3N3O2. The standard InChI is InChI=1S/C17H26F3N3O2/c1-12(2)9-14(7-8-24)11-23-16(21)22-10-13-3-5-15(6-4-13)25-17(18,19)20/h3-6,12,14,24H,7-11H2,1-2H3,(H3,21,22,23). The van der Waals surface area contributed by atoms with Gasteiger partial charge in [0.05, 0.1) is 6.54 Å². The minimum Gasteiger partial charge on any atom is -0.406 e. The smallest absolute Gasteiger partial charge is 0.406 e. The van der Waals surface area contributed by atoms with Crippen LogP contribution in [0.1, 0.15) is 32.3 Å². The fourth-order valence-electron chi connectivity index (χ4n) is 2.43. The van der Waals surface area contributed by atoms with E-state index in [2.05, 4.69) is 28.9 Å². The normalized spacial score (nSPS) is 13.8. The number of nitrogens with zero attached hydrogens (tertiary/aromatic N) is 1. The Morgan fingerprint density at radius 2 is 1.92 bits per heavy atom. The molecule has 0 spiro atoms. The number of hydrogen-bond donors (Lipinski definition) is 3. The first-order chi connectivity index (χ1) is 11.7. The van der Waals surface area contributed by atoms with E-state index in [4.69, 9.17) is 10.8 Å². The number of alkyl halides is 3. The molecule has 0 aliphatic rings. The highest BCUT2D eigenvalue weighted by molar-refractivity contribution is 5.77. The van der Waals surface area contributed by atoms with E-state index < -0.39 is 6.36 Å². The summed E-state index contributed by atoms with van der Waals surface area (Å²) in [5.41, 5.74) is 6.53. The van der Waals surface area contributed by atoms with E-state index >= 15 is 0 Å². The van der Waals surface area contributed by atoms with Crippen LogP contribution < -0.4 is 15.8 Å². The molecule has 25 heavy (non-hydrogen) atoms. The van der Waals surface area contributed by atoms with Crippen LogP contribution in [-0.2, 0) is 6.54 Å². The summed E-state index contributed by atoms with van der Waals surface area (Å²) in [5, 5.41) is 12.1. The second-order valence-electron chi connectivity index (χ2n) is 6.28. The summed E-state index contributed by atoms with van der Waals surface area (Å²) in [7, 11) is 0. The molecule has 0 heterocycles. The maximum atomic E-state index is 12.1. The summed E-state index contributed by atoms with van der Waals surface area (Å²) < 4.78 is 40.1. The number of nitrogens with one attached hydrogen (secondary N) is 1. The van der Waals surface area contributed by atoms with Gasteiger partial charge >= 0.3 is 6.36 Å². The summed E-state index contributed by atoms with van der Waals surface area (Å²) in [6.45, 7) is 5.23. The number of benzene rings is 1. The van der Waals surface area contributed by atoms with Crippen molar-refractivity contribution in [3.63, 3.8) is 0 Å². The molecular weight excluding hydrogens is 335 g/mol. The lowest BCUT2D eigenvalue weighted by Gasteiger charge is -2.18. The molecule has 5 nitrogen and oxygen atoms in total. The number of guanidine groups is 1. The molecule has 0 aromatic heterocycles. The van der Waals surface area contributed by atoms with Crippen molar-refractivity contribution in [1.82, 2.24) is 5.32 Å². The number of ether oxygens (including phenoxy) is 1. The number of hydrogen-bond acceptors (Lipinski definition) is 3. The Labute approximate surface area is 146 Å². The average molecular weight is 361 g/mol. The molecule has 1 aromatic carbocycles. The van der Waals surface area contributed by atoms with Crippen molar-refractivity contribution >= 4 is 5.96 Å². The van der Waals surface area contributed by atoms with Crippen molar-refractivity contribution in [3.8, 4) is 5.75 Å². The Balaban J connectivity index is 2.48. The van der Waals surface area contributed by atoms with Gasteiger partial charge in [-0.15, -0.1) is 13.2 Å². The summed E-state index contributed by atoms with van der Waals surface area (Å²) in [4.78, 5) is 4.17. The summed E-state index contributed by atoms with van der Waals surface area (Å²) >= 11 is 0. The van der Waals surface area contributed by atoms with Crippen molar-refractivity contribution < 1.29 is 23.0 Å². The lowest BCUT2D eigenvalue weighted by molar-refractivity contribution is -0.274. The van der Waals surface area contributed by atoms with Crippen LogP contribution in [0.3, 0.4) is 0 Å². The van der Waals surface area contributed by atoms with Crippen LogP contribution in [0.5, 0.6) is 5.75 Å². The highest BCUT2D eigenvalue weighted by atomic mass is 19.4. The van der Waals surface area contributed by atoms with Crippen LogP contribution in [-0.4, -0.2) is 30.6 Å². The molecule has 0 aliphatic carbocycles. The Hall–Kier alpha value is -1.96. The third-order valence-electron chi connectivity index (χ3n) is 3.50. The van der Waals surface area contributed by atoms with Gasteiger partial charge in [0.1, 0.15) is 5.75 Å². The quantitative estimate of drug-likeness (QED) is 0.467. The van der Waals surface area contributed by atoms with Crippen LogP contribution >= 0.6 is 0 Å². The fourth-order valence-corrected chi connectivity index (χ4v) is 2.43. The molecule has 4 N–H and O–H groups in total. The number of aliphatic imine (C=N–C) groups is 1. The lowest BCUT2D eigenvalue weighted by Crippen LogP contribution is -2.36. The largest absolute Gasteiger partial charge is 0.573 e. The average Bonchev–Trinajstić information content (AvgIpc) is 2.50. The number of nitrogens with two attached hydrogens (primary N) is 1. The van der Waals surface area contributed by atoms with Gasteiger partial charge in [0.25, 0.3) is 0 Å². The van der Waals surface area contributed by atoms with Crippen LogP contribution in [0.2, 0.25) is 0 Å². The van der Waals surface area contributed by atoms with Gasteiger partial charge < -0.3 is 20.9 Å². The molecule has 0 bridgehead atoms. The van der Waals surface area contributed by atoms with E-state index in [1.807, 2.05) is 0 Å². The van der Waals surface area contributed by atoms with Gasteiger partial charge in [0.2, 0.25) is 0 Å². The van der Waals surface area contributed by atoms with Gasteiger partial charge in [0.15, 0.2) is 5.96 Å². The van der Waals surface area contributed by atoms with Gasteiger partial charge in [-0.3, -0.25) is 0 Å². The zero-order chi connectivity index (χ0) is 18.9. The van der Waals surface area contributed by atoms with Crippen LogP contribution in [0.25, 0.3) is 0 Å². The van der Waals surface area contributed by atoms with Gasteiger partial charge in [-0.05, 0) is 42.4 Å². The first-order valence-electron chi connectivity index (χ1n) is 8.19. The SMILES string of the molecule is CC(C)CC(CCO)CNC(N)=NCc1ccc(OC(F)(F)F)cc1. The van der Waals surface area contributed by atoms with E-state index in [1.165, 1.54) is 24.3 Å². The lowest BCUT2D eigenvalue weighted by atomic mass is 9.94. The Bertz CT molecular complexity index is 531. The van der Waals surface area contributed by atoms with Crippen molar-refractivity contribution in [2.75, 3.05) is 13.2 Å². The molecule has 0 amide bonds. The van der Waals surface area contributed by atoms with Gasteiger partial charge in [-0.2, -0.15) is 0 Å². The Kier molecular flexibility index (Phi) is 8.54. The maximum Gasteiger partial charge on any atom is 0.573 e. The molecule has 0 fully saturated rings. The zero-order valence-electron chi connectivity index (χ0n) is 14.5. The number of aliphatic hydroxyl groups excluding tert-OH is 1. The molecule has 0 aliphatic heterocycles. The summed E-state index contributed by atoms with van der Waals surface area (Å²) in [6, 6.07) is 5.49. The van der Waals surface area contributed by atoms with E-state index in [0.717, 1.165) is 6.42 Å². The molecule has 1 aromatic rings. The maximum absolute atomic E-state index is 12.1. The van der Waals surface area contributed by atoms with Crippen LogP contribution in [0.4, 0.5) is 13.2 Å². The van der Waals surface area contributed by atoms with Crippen molar-refractivity contribution in [2.45, 2.75) is 39.6 Å². The predicted molar refractivity (Wildman–Crippen MR) is 91.1 cm³/mol. The van der Waals surface area contributed by atoms with Crippen molar-refractivity contribution in [3.05, 3.63) is 29.8 Å². The molecule has 0 saturated carbocycles.